The lowest BCUT2D eigenvalue weighted by Crippen LogP contribution is -1.91. The van der Waals surface area contributed by atoms with Gasteiger partial charge in [0.2, 0.25) is 0 Å². The fourth-order valence-corrected chi connectivity index (χ4v) is 2.93. The first-order chi connectivity index (χ1) is 8.58. The largest absolute Gasteiger partial charge is 0.301 e. The summed E-state index contributed by atoms with van der Waals surface area (Å²) in [6.45, 7) is 1.98. The van der Waals surface area contributed by atoms with Gasteiger partial charge < -0.3 is 0 Å². The van der Waals surface area contributed by atoms with Crippen molar-refractivity contribution in [1.82, 2.24) is 0 Å². The van der Waals surface area contributed by atoms with Gasteiger partial charge in [-0.1, -0.05) is 47.1 Å². The van der Waals surface area contributed by atoms with Gasteiger partial charge in [-0.2, -0.15) is 0 Å². The number of benzene rings is 2. The minimum absolute atomic E-state index is 0.0364. The van der Waals surface area contributed by atoms with E-state index < -0.39 is 4.92 Å². The van der Waals surface area contributed by atoms with Gasteiger partial charge in [-0.25, -0.2) is 0 Å². The van der Waals surface area contributed by atoms with E-state index in [2.05, 4.69) is 0 Å². The molecule has 5 heteroatoms. The highest BCUT2D eigenvalue weighted by Crippen LogP contribution is 2.38. The number of aryl methyl sites for hydroxylation is 1. The second kappa shape index (κ2) is 5.42. The maximum atomic E-state index is 11.0. The van der Waals surface area contributed by atoms with E-state index in [1.165, 1.54) is 17.8 Å². The zero-order valence-corrected chi connectivity index (χ0v) is 11.2. The van der Waals surface area contributed by atoms with Gasteiger partial charge >= 0.3 is 5.69 Å². The molecule has 0 saturated carbocycles. The van der Waals surface area contributed by atoms with Crippen LogP contribution in [0, 0.1) is 17.0 Å². The zero-order valence-electron chi connectivity index (χ0n) is 9.59. The lowest BCUT2D eigenvalue weighted by molar-refractivity contribution is -0.387. The molecule has 0 aliphatic carbocycles. The molecule has 0 heterocycles. The molecule has 2 aromatic rings. The molecule has 0 unspecified atom stereocenters. The normalized spacial score (nSPS) is 10.3. The summed E-state index contributed by atoms with van der Waals surface area (Å²) in [5.74, 6) is 0. The van der Waals surface area contributed by atoms with Gasteiger partial charge in [-0.3, -0.25) is 10.1 Å². The maximum Gasteiger partial charge on any atom is 0.301 e. The van der Waals surface area contributed by atoms with Crippen LogP contribution in [0.1, 0.15) is 5.56 Å². The van der Waals surface area contributed by atoms with Crippen molar-refractivity contribution < 1.29 is 4.92 Å². The number of rotatable bonds is 3. The van der Waals surface area contributed by atoms with Crippen molar-refractivity contribution in [1.29, 1.82) is 0 Å². The van der Waals surface area contributed by atoms with Gasteiger partial charge in [0.05, 0.1) is 9.82 Å². The van der Waals surface area contributed by atoms with E-state index in [9.17, 15) is 10.1 Å². The summed E-state index contributed by atoms with van der Waals surface area (Å²) < 4.78 is 0. The third kappa shape index (κ3) is 2.83. The molecule has 18 heavy (non-hydrogen) atoms. The van der Waals surface area contributed by atoms with E-state index in [0.717, 1.165) is 10.5 Å². The third-order valence-electron chi connectivity index (χ3n) is 2.35. The average Bonchev–Trinajstić information content (AvgIpc) is 2.28. The second-order valence-electron chi connectivity index (χ2n) is 3.76. The lowest BCUT2D eigenvalue weighted by atomic mass is 10.2. The van der Waals surface area contributed by atoms with Gasteiger partial charge in [0.1, 0.15) is 5.02 Å². The molecule has 0 fully saturated rings. The molecule has 0 atom stereocenters. The summed E-state index contributed by atoms with van der Waals surface area (Å²) >= 11 is 7.21. The SMILES string of the molecule is Cc1cccc(Sc2cccc(Cl)c2[N+](=O)[O-])c1. The Kier molecular flexibility index (Phi) is 3.89. The van der Waals surface area contributed by atoms with Gasteiger partial charge in [0, 0.05) is 4.90 Å². The molecule has 3 nitrogen and oxygen atoms in total. The summed E-state index contributed by atoms with van der Waals surface area (Å²) in [5, 5.41) is 11.2. The fraction of sp³-hybridized carbons (Fsp3) is 0.0769. The molecule has 0 amide bonds. The molecule has 0 aliphatic rings. The Morgan fingerprint density at radius 1 is 1.22 bits per heavy atom. The molecule has 92 valence electrons. The highest BCUT2D eigenvalue weighted by atomic mass is 35.5. The summed E-state index contributed by atoms with van der Waals surface area (Å²) in [7, 11) is 0. The molecule has 0 aliphatic heterocycles. The van der Waals surface area contributed by atoms with Crippen LogP contribution in [0.15, 0.2) is 52.3 Å². The topological polar surface area (TPSA) is 43.1 Å². The van der Waals surface area contributed by atoms with Crippen LogP contribution >= 0.6 is 23.4 Å². The van der Waals surface area contributed by atoms with E-state index in [1.807, 2.05) is 31.2 Å². The van der Waals surface area contributed by atoms with Crippen LogP contribution < -0.4 is 0 Å². The Labute approximate surface area is 114 Å². The van der Waals surface area contributed by atoms with Crippen LogP contribution in [0.3, 0.4) is 0 Å². The van der Waals surface area contributed by atoms with Gasteiger partial charge in [0.25, 0.3) is 0 Å². The summed E-state index contributed by atoms with van der Waals surface area (Å²) in [6.07, 6.45) is 0. The predicted molar refractivity (Wildman–Crippen MR) is 73.4 cm³/mol. The standard InChI is InChI=1S/C13H10ClNO2S/c1-9-4-2-5-10(8-9)18-12-7-3-6-11(14)13(12)15(16)17/h2-8H,1H3. The van der Waals surface area contributed by atoms with Gasteiger partial charge in [0.15, 0.2) is 0 Å². The van der Waals surface area contributed by atoms with Crippen molar-refractivity contribution in [2.75, 3.05) is 0 Å². The Hall–Kier alpha value is -1.52. The van der Waals surface area contributed by atoms with Crippen molar-refractivity contribution in [3.63, 3.8) is 0 Å². The highest BCUT2D eigenvalue weighted by molar-refractivity contribution is 7.99. The highest BCUT2D eigenvalue weighted by Gasteiger charge is 2.18. The van der Waals surface area contributed by atoms with Crippen LogP contribution in [0.5, 0.6) is 0 Å². The zero-order chi connectivity index (χ0) is 13.1. The second-order valence-corrected chi connectivity index (χ2v) is 5.28. The van der Waals surface area contributed by atoms with Crippen LogP contribution in [0.4, 0.5) is 5.69 Å². The van der Waals surface area contributed by atoms with E-state index in [0.29, 0.717) is 4.90 Å². The van der Waals surface area contributed by atoms with Crippen molar-refractivity contribution in [3.05, 3.63) is 63.2 Å². The molecule has 0 bridgehead atoms. The predicted octanol–water partition coefficient (Wildman–Crippen LogP) is 4.71. The van der Waals surface area contributed by atoms with Gasteiger partial charge in [-0.15, -0.1) is 0 Å². The Morgan fingerprint density at radius 3 is 2.61 bits per heavy atom. The number of nitro benzene ring substituents is 1. The van der Waals surface area contributed by atoms with Crippen LogP contribution in [0.2, 0.25) is 5.02 Å². The lowest BCUT2D eigenvalue weighted by Gasteiger charge is -2.04. The molecule has 0 N–H and O–H groups in total. The molecular formula is C13H10ClNO2S. The van der Waals surface area contributed by atoms with Crippen molar-refractivity contribution in [2.45, 2.75) is 16.7 Å². The van der Waals surface area contributed by atoms with Crippen LogP contribution in [0.25, 0.3) is 0 Å². The van der Waals surface area contributed by atoms with Crippen LogP contribution in [-0.2, 0) is 0 Å². The molecule has 0 spiro atoms. The summed E-state index contributed by atoms with van der Waals surface area (Å²) in [5.41, 5.74) is 1.08. The summed E-state index contributed by atoms with van der Waals surface area (Å²) in [4.78, 5) is 12.1. The first-order valence-electron chi connectivity index (χ1n) is 5.25. The van der Waals surface area contributed by atoms with E-state index in [1.54, 1.807) is 12.1 Å². The van der Waals surface area contributed by atoms with Crippen molar-refractivity contribution in [2.24, 2.45) is 0 Å². The Bertz CT molecular complexity index is 601. The number of nitrogens with zero attached hydrogens (tertiary/aromatic N) is 1. The number of hydrogen-bond acceptors (Lipinski definition) is 3. The molecule has 2 aromatic carbocycles. The number of halogens is 1. The first kappa shape index (κ1) is 12.9. The Balaban J connectivity index is 2.40. The minimum Gasteiger partial charge on any atom is -0.258 e. The van der Waals surface area contributed by atoms with E-state index in [4.69, 9.17) is 11.6 Å². The molecule has 2 rings (SSSR count). The van der Waals surface area contributed by atoms with Crippen molar-refractivity contribution in [3.8, 4) is 0 Å². The minimum atomic E-state index is -0.444. The number of nitro groups is 1. The monoisotopic (exact) mass is 279 g/mol. The number of hydrogen-bond donors (Lipinski definition) is 0. The fourth-order valence-electron chi connectivity index (χ4n) is 1.56. The smallest absolute Gasteiger partial charge is 0.258 e. The van der Waals surface area contributed by atoms with Crippen molar-refractivity contribution >= 4 is 29.1 Å². The quantitative estimate of drug-likeness (QED) is 0.604. The Morgan fingerprint density at radius 2 is 1.94 bits per heavy atom. The van der Waals surface area contributed by atoms with E-state index in [-0.39, 0.29) is 10.7 Å². The third-order valence-corrected chi connectivity index (χ3v) is 3.69. The average molecular weight is 280 g/mol. The maximum absolute atomic E-state index is 11.0. The first-order valence-corrected chi connectivity index (χ1v) is 6.45. The van der Waals surface area contributed by atoms with Gasteiger partial charge in [-0.05, 0) is 31.2 Å². The van der Waals surface area contributed by atoms with E-state index >= 15 is 0 Å². The molecule has 0 radical (unpaired) electrons. The molecule has 0 aromatic heterocycles. The summed E-state index contributed by atoms with van der Waals surface area (Å²) in [6, 6.07) is 12.8. The van der Waals surface area contributed by atoms with Crippen LogP contribution in [-0.4, -0.2) is 4.92 Å². The molecule has 0 saturated heterocycles. The molecular weight excluding hydrogens is 270 g/mol. The number of para-hydroxylation sites is 1.